The molecule has 1 N–H and O–H groups in total. The van der Waals surface area contributed by atoms with Crippen molar-refractivity contribution in [1.29, 1.82) is 0 Å². The van der Waals surface area contributed by atoms with Crippen LogP contribution in [0, 0.1) is 0 Å². The number of hydrogen-bond donors (Lipinski definition) is 1. The molecular formula is C12H13BrO3. The van der Waals surface area contributed by atoms with Gasteiger partial charge in [0.05, 0.1) is 5.41 Å². The normalized spacial score (nSPS) is 19.3. The lowest BCUT2D eigenvalue weighted by atomic mass is 9.74. The van der Waals surface area contributed by atoms with Crippen LogP contribution < -0.4 is 0 Å². The van der Waals surface area contributed by atoms with E-state index in [4.69, 9.17) is 4.74 Å². The monoisotopic (exact) mass is 284 g/mol. The first kappa shape index (κ1) is 11.6. The molecule has 0 atom stereocenters. The van der Waals surface area contributed by atoms with E-state index in [1.807, 2.05) is 24.3 Å². The average molecular weight is 285 g/mol. The highest BCUT2D eigenvalue weighted by atomic mass is 79.9. The van der Waals surface area contributed by atoms with E-state index >= 15 is 0 Å². The van der Waals surface area contributed by atoms with Crippen molar-refractivity contribution < 1.29 is 14.6 Å². The molecule has 1 aliphatic rings. The summed E-state index contributed by atoms with van der Waals surface area (Å²) in [7, 11) is 0. The molecule has 0 radical (unpaired) electrons. The van der Waals surface area contributed by atoms with Crippen LogP contribution in [0.3, 0.4) is 0 Å². The summed E-state index contributed by atoms with van der Waals surface area (Å²) in [6.45, 7) is 1.02. The van der Waals surface area contributed by atoms with Crippen molar-refractivity contribution in [1.82, 2.24) is 0 Å². The Bertz CT molecular complexity index is 397. The van der Waals surface area contributed by atoms with E-state index < -0.39 is 11.4 Å². The zero-order valence-electron chi connectivity index (χ0n) is 8.78. The maximum atomic E-state index is 11.6. The standard InChI is InChI=1S/C12H13BrO3/c13-10-4-2-1-3-9(10)12(11(14)15)5-7-16-8-6-12/h1-4H,5-8H2,(H,14,15). The van der Waals surface area contributed by atoms with E-state index in [0.717, 1.165) is 10.0 Å². The van der Waals surface area contributed by atoms with Gasteiger partial charge in [0, 0.05) is 17.7 Å². The smallest absolute Gasteiger partial charge is 0.314 e. The van der Waals surface area contributed by atoms with E-state index in [1.54, 1.807) is 0 Å². The summed E-state index contributed by atoms with van der Waals surface area (Å²) >= 11 is 3.43. The van der Waals surface area contributed by atoms with Gasteiger partial charge in [-0.3, -0.25) is 4.79 Å². The topological polar surface area (TPSA) is 46.5 Å². The van der Waals surface area contributed by atoms with Gasteiger partial charge >= 0.3 is 5.97 Å². The molecule has 0 saturated carbocycles. The van der Waals surface area contributed by atoms with Gasteiger partial charge in [-0.15, -0.1) is 0 Å². The molecule has 0 bridgehead atoms. The summed E-state index contributed by atoms with van der Waals surface area (Å²) in [5.41, 5.74) is 0.0593. The van der Waals surface area contributed by atoms with Gasteiger partial charge in [-0.2, -0.15) is 0 Å². The lowest BCUT2D eigenvalue weighted by Gasteiger charge is -2.34. The molecule has 1 aromatic carbocycles. The molecule has 1 saturated heterocycles. The number of benzene rings is 1. The molecule has 1 fully saturated rings. The predicted octanol–water partition coefficient (Wildman–Crippen LogP) is 2.58. The van der Waals surface area contributed by atoms with Crippen molar-refractivity contribution in [3.05, 3.63) is 34.3 Å². The summed E-state index contributed by atoms with van der Waals surface area (Å²) in [6.07, 6.45) is 1.07. The van der Waals surface area contributed by atoms with Gasteiger partial charge in [0.1, 0.15) is 0 Å². The first-order chi connectivity index (χ1) is 7.67. The van der Waals surface area contributed by atoms with Crippen molar-refractivity contribution in [2.45, 2.75) is 18.3 Å². The molecule has 16 heavy (non-hydrogen) atoms. The minimum atomic E-state index is -0.793. The first-order valence-corrected chi connectivity index (χ1v) is 6.02. The van der Waals surface area contributed by atoms with Gasteiger partial charge in [0.25, 0.3) is 0 Å². The Labute approximate surface area is 103 Å². The van der Waals surface area contributed by atoms with Crippen LogP contribution in [-0.4, -0.2) is 24.3 Å². The highest BCUT2D eigenvalue weighted by molar-refractivity contribution is 9.10. The molecule has 1 aromatic rings. The van der Waals surface area contributed by atoms with E-state index in [2.05, 4.69) is 15.9 Å². The van der Waals surface area contributed by atoms with Crippen LogP contribution in [0.2, 0.25) is 0 Å². The number of hydrogen-bond acceptors (Lipinski definition) is 2. The van der Waals surface area contributed by atoms with Gasteiger partial charge < -0.3 is 9.84 Å². The summed E-state index contributed by atoms with van der Waals surface area (Å²) in [6, 6.07) is 7.53. The van der Waals surface area contributed by atoms with Gasteiger partial charge in [-0.05, 0) is 24.5 Å². The largest absolute Gasteiger partial charge is 0.481 e. The molecule has 1 heterocycles. The molecule has 4 heteroatoms. The average Bonchev–Trinajstić information content (AvgIpc) is 2.30. The maximum absolute atomic E-state index is 11.6. The second kappa shape index (κ2) is 4.55. The van der Waals surface area contributed by atoms with Gasteiger partial charge in [-0.1, -0.05) is 34.1 Å². The molecule has 3 nitrogen and oxygen atoms in total. The van der Waals surface area contributed by atoms with Gasteiger partial charge in [0.2, 0.25) is 0 Å². The molecular weight excluding hydrogens is 272 g/mol. The third-order valence-electron chi connectivity index (χ3n) is 3.15. The quantitative estimate of drug-likeness (QED) is 0.908. The molecule has 0 spiro atoms. The minimum Gasteiger partial charge on any atom is -0.481 e. The molecule has 86 valence electrons. The lowest BCUT2D eigenvalue weighted by Crippen LogP contribution is -2.41. The van der Waals surface area contributed by atoms with Crippen LogP contribution >= 0.6 is 15.9 Å². The summed E-state index contributed by atoms with van der Waals surface area (Å²) in [5, 5.41) is 9.49. The van der Waals surface area contributed by atoms with Gasteiger partial charge in [0.15, 0.2) is 0 Å². The zero-order valence-corrected chi connectivity index (χ0v) is 10.4. The van der Waals surface area contributed by atoms with E-state index in [1.165, 1.54) is 0 Å². The number of carboxylic acid groups (broad SMARTS) is 1. The number of carboxylic acids is 1. The van der Waals surface area contributed by atoms with Crippen LogP contribution in [-0.2, 0) is 14.9 Å². The van der Waals surface area contributed by atoms with Crippen LogP contribution in [0.1, 0.15) is 18.4 Å². The predicted molar refractivity (Wildman–Crippen MR) is 63.5 cm³/mol. The highest BCUT2D eigenvalue weighted by Gasteiger charge is 2.42. The molecule has 0 unspecified atom stereocenters. The molecule has 0 aliphatic carbocycles. The van der Waals surface area contributed by atoms with Crippen molar-refractivity contribution >= 4 is 21.9 Å². The van der Waals surface area contributed by atoms with Crippen LogP contribution in [0.5, 0.6) is 0 Å². The van der Waals surface area contributed by atoms with E-state index in [-0.39, 0.29) is 0 Å². The number of rotatable bonds is 2. The minimum absolute atomic E-state index is 0.508. The van der Waals surface area contributed by atoms with Gasteiger partial charge in [-0.25, -0.2) is 0 Å². The van der Waals surface area contributed by atoms with E-state index in [9.17, 15) is 9.90 Å². The second-order valence-corrected chi connectivity index (χ2v) is 4.83. The number of carbonyl (C=O) groups is 1. The number of aliphatic carboxylic acids is 1. The number of halogens is 1. The molecule has 2 rings (SSSR count). The first-order valence-electron chi connectivity index (χ1n) is 5.23. The van der Waals surface area contributed by atoms with Crippen molar-refractivity contribution in [2.24, 2.45) is 0 Å². The van der Waals surface area contributed by atoms with Crippen molar-refractivity contribution in [3.63, 3.8) is 0 Å². The second-order valence-electron chi connectivity index (χ2n) is 3.98. The Morgan fingerprint density at radius 1 is 1.31 bits per heavy atom. The Balaban J connectivity index is 2.47. The number of ether oxygens (including phenoxy) is 1. The zero-order chi connectivity index (χ0) is 11.6. The fourth-order valence-corrected chi connectivity index (χ4v) is 2.83. The third-order valence-corrected chi connectivity index (χ3v) is 3.84. The maximum Gasteiger partial charge on any atom is 0.314 e. The van der Waals surface area contributed by atoms with Crippen LogP contribution in [0.15, 0.2) is 28.7 Å². The van der Waals surface area contributed by atoms with Crippen molar-refractivity contribution in [3.8, 4) is 0 Å². The summed E-state index contributed by atoms with van der Waals surface area (Å²) in [4.78, 5) is 11.6. The Kier molecular flexibility index (Phi) is 3.30. The lowest BCUT2D eigenvalue weighted by molar-refractivity contribution is -0.147. The Morgan fingerprint density at radius 3 is 2.50 bits per heavy atom. The highest BCUT2D eigenvalue weighted by Crippen LogP contribution is 2.38. The van der Waals surface area contributed by atoms with Crippen molar-refractivity contribution in [2.75, 3.05) is 13.2 Å². The summed E-state index contributed by atoms with van der Waals surface area (Å²) in [5.74, 6) is -0.761. The molecule has 0 amide bonds. The molecule has 1 aliphatic heterocycles. The van der Waals surface area contributed by atoms with Crippen LogP contribution in [0.4, 0.5) is 0 Å². The van der Waals surface area contributed by atoms with Crippen LogP contribution in [0.25, 0.3) is 0 Å². The Hall–Kier alpha value is -0.870. The molecule has 0 aromatic heterocycles. The van der Waals surface area contributed by atoms with E-state index in [0.29, 0.717) is 26.1 Å². The Morgan fingerprint density at radius 2 is 1.94 bits per heavy atom. The third kappa shape index (κ3) is 1.87. The summed E-state index contributed by atoms with van der Waals surface area (Å²) < 4.78 is 6.12. The fourth-order valence-electron chi connectivity index (χ4n) is 2.17. The fraction of sp³-hybridized carbons (Fsp3) is 0.417. The SMILES string of the molecule is O=C(O)C1(c2ccccc2Br)CCOCC1.